The number of anilines is 1. The predicted molar refractivity (Wildman–Crippen MR) is 95.7 cm³/mol. The Kier molecular flexibility index (Phi) is 6.89. The normalized spacial score (nSPS) is 15.8. The van der Waals surface area contributed by atoms with Crippen LogP contribution in [0.15, 0.2) is 24.3 Å². The van der Waals surface area contributed by atoms with Gasteiger partial charge < -0.3 is 15.0 Å². The number of carbonyl (C=O) groups excluding carboxylic acids is 4. The third-order valence-electron chi connectivity index (χ3n) is 4.23. The first-order chi connectivity index (χ1) is 12.4. The molecule has 7 heteroatoms. The highest BCUT2D eigenvalue weighted by Gasteiger charge is 2.23. The van der Waals surface area contributed by atoms with E-state index in [1.807, 2.05) is 0 Å². The van der Waals surface area contributed by atoms with E-state index >= 15 is 0 Å². The molecule has 0 saturated carbocycles. The number of ether oxygens (including phenoxy) is 1. The third kappa shape index (κ3) is 5.68. The van der Waals surface area contributed by atoms with Crippen LogP contribution in [-0.4, -0.2) is 47.7 Å². The lowest BCUT2D eigenvalue weighted by Gasteiger charge is -2.20. The molecule has 1 saturated heterocycles. The van der Waals surface area contributed by atoms with Gasteiger partial charge in [-0.25, -0.2) is 0 Å². The minimum atomic E-state index is -0.989. The molecule has 0 aromatic heterocycles. The Morgan fingerprint density at radius 2 is 1.85 bits per heavy atom. The molecule has 1 heterocycles. The van der Waals surface area contributed by atoms with Crippen LogP contribution in [0.4, 0.5) is 5.69 Å². The molecule has 26 heavy (non-hydrogen) atoms. The Morgan fingerprint density at radius 3 is 2.50 bits per heavy atom. The molecule has 1 aromatic carbocycles. The van der Waals surface area contributed by atoms with Crippen LogP contribution >= 0.6 is 0 Å². The highest BCUT2D eigenvalue weighted by Crippen LogP contribution is 2.13. The number of benzene rings is 1. The van der Waals surface area contributed by atoms with Crippen molar-refractivity contribution in [3.63, 3.8) is 0 Å². The van der Waals surface area contributed by atoms with E-state index in [1.165, 1.54) is 18.7 Å². The van der Waals surface area contributed by atoms with Crippen LogP contribution in [0.1, 0.15) is 49.9 Å². The number of rotatable bonds is 6. The van der Waals surface area contributed by atoms with Crippen molar-refractivity contribution < 1.29 is 23.9 Å². The van der Waals surface area contributed by atoms with Crippen LogP contribution in [0.5, 0.6) is 0 Å². The Hall–Kier alpha value is -2.70. The van der Waals surface area contributed by atoms with Crippen molar-refractivity contribution in [2.24, 2.45) is 0 Å². The lowest BCUT2D eigenvalue weighted by atomic mass is 10.1. The van der Waals surface area contributed by atoms with Crippen LogP contribution in [0, 0.1) is 0 Å². The number of ketones is 1. The third-order valence-corrected chi connectivity index (χ3v) is 4.23. The molecule has 140 valence electrons. The van der Waals surface area contributed by atoms with Gasteiger partial charge in [-0.15, -0.1) is 0 Å². The average Bonchev–Trinajstić information content (AvgIpc) is 2.79. The number of Topliss-reactive ketones (excluding diaryl/α,β-unsaturated/α-hetero) is 1. The van der Waals surface area contributed by atoms with E-state index in [-0.39, 0.29) is 18.2 Å². The molecule has 1 N–H and O–H groups in total. The minimum absolute atomic E-state index is 0.0536. The van der Waals surface area contributed by atoms with Crippen molar-refractivity contribution in [1.29, 1.82) is 0 Å². The summed E-state index contributed by atoms with van der Waals surface area (Å²) in [5.41, 5.74) is 1.05. The second-order valence-electron chi connectivity index (χ2n) is 6.38. The van der Waals surface area contributed by atoms with Crippen molar-refractivity contribution in [3.8, 4) is 0 Å². The van der Waals surface area contributed by atoms with Gasteiger partial charge in [0.05, 0.1) is 0 Å². The molecule has 0 spiro atoms. The quantitative estimate of drug-likeness (QED) is 0.620. The molecule has 1 aliphatic heterocycles. The van der Waals surface area contributed by atoms with E-state index in [0.29, 0.717) is 24.2 Å². The Labute approximate surface area is 152 Å². The summed E-state index contributed by atoms with van der Waals surface area (Å²) >= 11 is 0. The molecule has 1 fully saturated rings. The lowest BCUT2D eigenvalue weighted by Crippen LogP contribution is -2.38. The number of nitrogens with zero attached hydrogens (tertiary/aromatic N) is 1. The molecule has 0 bridgehead atoms. The molecule has 1 aromatic rings. The summed E-state index contributed by atoms with van der Waals surface area (Å²) in [6.45, 7) is 3.34. The molecule has 2 amide bonds. The van der Waals surface area contributed by atoms with Gasteiger partial charge in [0.1, 0.15) is 6.54 Å². The maximum absolute atomic E-state index is 12.1. The van der Waals surface area contributed by atoms with Crippen LogP contribution in [0.3, 0.4) is 0 Å². The Morgan fingerprint density at radius 1 is 1.15 bits per heavy atom. The van der Waals surface area contributed by atoms with Gasteiger partial charge in [-0.1, -0.05) is 6.42 Å². The number of nitrogens with one attached hydrogen (secondary N) is 1. The molecular weight excluding hydrogens is 336 g/mol. The first kappa shape index (κ1) is 19.6. The van der Waals surface area contributed by atoms with Crippen molar-refractivity contribution in [1.82, 2.24) is 4.90 Å². The number of hydrogen-bond acceptors (Lipinski definition) is 5. The summed E-state index contributed by atoms with van der Waals surface area (Å²) in [6, 6.07) is 6.44. The highest BCUT2D eigenvalue weighted by molar-refractivity contribution is 5.97. The van der Waals surface area contributed by atoms with Crippen molar-refractivity contribution in [2.75, 3.05) is 18.4 Å². The standard InChI is InChI=1S/C19H24N2O5/c1-13(22)15-7-9-16(10-8-15)20-19(25)14(2)26-18(24)12-21-11-5-3-4-6-17(21)23/h7-10,14H,3-6,11-12H2,1-2H3,(H,20,25). The second kappa shape index (κ2) is 9.12. The zero-order chi connectivity index (χ0) is 19.1. The topological polar surface area (TPSA) is 92.8 Å². The van der Waals surface area contributed by atoms with Gasteiger partial charge in [0.25, 0.3) is 5.91 Å². The number of amides is 2. The Balaban J connectivity index is 1.84. The zero-order valence-corrected chi connectivity index (χ0v) is 15.1. The summed E-state index contributed by atoms with van der Waals surface area (Å²) in [5.74, 6) is -1.19. The van der Waals surface area contributed by atoms with E-state index < -0.39 is 18.0 Å². The van der Waals surface area contributed by atoms with E-state index in [1.54, 1.807) is 24.3 Å². The van der Waals surface area contributed by atoms with Gasteiger partial charge in [-0.2, -0.15) is 0 Å². The average molecular weight is 360 g/mol. The zero-order valence-electron chi connectivity index (χ0n) is 15.1. The summed E-state index contributed by atoms with van der Waals surface area (Å²) in [6.07, 6.45) is 2.13. The number of hydrogen-bond donors (Lipinski definition) is 1. The van der Waals surface area contributed by atoms with E-state index in [2.05, 4.69) is 5.32 Å². The summed E-state index contributed by atoms with van der Waals surface area (Å²) in [7, 11) is 0. The van der Waals surface area contributed by atoms with Crippen molar-refractivity contribution >= 4 is 29.3 Å². The molecule has 2 rings (SSSR count). The number of likely N-dealkylation sites (tertiary alicyclic amines) is 1. The van der Waals surface area contributed by atoms with Crippen LogP contribution in [0.25, 0.3) is 0 Å². The summed E-state index contributed by atoms with van der Waals surface area (Å²) < 4.78 is 5.14. The van der Waals surface area contributed by atoms with Gasteiger partial charge in [-0.3, -0.25) is 19.2 Å². The van der Waals surface area contributed by atoms with Gasteiger partial charge in [0.2, 0.25) is 5.91 Å². The molecule has 1 aliphatic rings. The molecule has 1 atom stereocenters. The maximum Gasteiger partial charge on any atom is 0.326 e. The maximum atomic E-state index is 12.1. The lowest BCUT2D eigenvalue weighted by molar-refractivity contribution is -0.156. The summed E-state index contributed by atoms with van der Waals surface area (Å²) in [4.78, 5) is 48.8. The molecule has 0 radical (unpaired) electrons. The first-order valence-electron chi connectivity index (χ1n) is 8.76. The van der Waals surface area contributed by atoms with E-state index in [9.17, 15) is 19.2 Å². The minimum Gasteiger partial charge on any atom is -0.451 e. The molecular formula is C19H24N2O5. The molecule has 1 unspecified atom stereocenters. The highest BCUT2D eigenvalue weighted by atomic mass is 16.5. The fourth-order valence-corrected chi connectivity index (χ4v) is 2.68. The second-order valence-corrected chi connectivity index (χ2v) is 6.38. The van der Waals surface area contributed by atoms with Gasteiger partial charge >= 0.3 is 5.97 Å². The van der Waals surface area contributed by atoms with Gasteiger partial charge in [-0.05, 0) is 51.0 Å². The van der Waals surface area contributed by atoms with Gasteiger partial charge in [0, 0.05) is 24.2 Å². The summed E-state index contributed by atoms with van der Waals surface area (Å²) in [5, 5.41) is 2.63. The monoisotopic (exact) mass is 360 g/mol. The predicted octanol–water partition coefficient (Wildman–Crippen LogP) is 2.16. The Bertz CT molecular complexity index is 684. The van der Waals surface area contributed by atoms with E-state index in [4.69, 9.17) is 4.74 Å². The van der Waals surface area contributed by atoms with Crippen molar-refractivity contribution in [3.05, 3.63) is 29.8 Å². The van der Waals surface area contributed by atoms with Crippen LogP contribution in [-0.2, 0) is 19.1 Å². The number of carbonyl (C=O) groups is 4. The molecule has 0 aliphatic carbocycles. The van der Waals surface area contributed by atoms with Gasteiger partial charge in [0.15, 0.2) is 11.9 Å². The van der Waals surface area contributed by atoms with Crippen LogP contribution in [0.2, 0.25) is 0 Å². The molecule has 7 nitrogen and oxygen atoms in total. The smallest absolute Gasteiger partial charge is 0.326 e. The number of esters is 1. The van der Waals surface area contributed by atoms with Crippen molar-refractivity contribution in [2.45, 2.75) is 45.6 Å². The van der Waals surface area contributed by atoms with Crippen LogP contribution < -0.4 is 5.32 Å². The largest absolute Gasteiger partial charge is 0.451 e. The first-order valence-corrected chi connectivity index (χ1v) is 8.76. The van der Waals surface area contributed by atoms with E-state index in [0.717, 1.165) is 19.3 Å². The SMILES string of the molecule is CC(=O)c1ccc(NC(=O)C(C)OC(=O)CN2CCCCCC2=O)cc1. The fourth-order valence-electron chi connectivity index (χ4n) is 2.68. The fraction of sp³-hybridized carbons (Fsp3) is 0.474.